The Morgan fingerprint density at radius 3 is 2.83 bits per heavy atom. The number of unbranched alkanes of at least 4 members (excludes halogenated alkanes) is 1. The lowest BCUT2D eigenvalue weighted by molar-refractivity contribution is 0.0914. The van der Waals surface area contributed by atoms with Crippen LogP contribution in [0.5, 0.6) is 0 Å². The zero-order chi connectivity index (χ0) is 16.5. The maximum atomic E-state index is 5.95. The van der Waals surface area contributed by atoms with Crippen LogP contribution in [0.3, 0.4) is 0 Å². The highest BCUT2D eigenvalue weighted by Gasteiger charge is 2.29. The number of benzene rings is 1. The van der Waals surface area contributed by atoms with Gasteiger partial charge in [-0.3, -0.25) is 4.99 Å². The molecule has 0 spiro atoms. The molecule has 0 aliphatic carbocycles. The van der Waals surface area contributed by atoms with Gasteiger partial charge in [0.1, 0.15) is 0 Å². The van der Waals surface area contributed by atoms with Crippen molar-refractivity contribution < 1.29 is 4.74 Å². The molecular weight excluding hydrogens is 413 g/mol. The highest BCUT2D eigenvalue weighted by Crippen LogP contribution is 2.33. The van der Waals surface area contributed by atoms with Gasteiger partial charge in [-0.05, 0) is 24.8 Å². The first kappa shape index (κ1) is 21.0. The maximum absolute atomic E-state index is 5.95. The molecule has 4 nitrogen and oxygen atoms in total. The van der Waals surface area contributed by atoms with Crippen LogP contribution in [0.4, 0.5) is 0 Å². The summed E-state index contributed by atoms with van der Waals surface area (Å²) < 4.78 is 5.95. The summed E-state index contributed by atoms with van der Waals surface area (Å²) in [6, 6.07) is 10.5. The van der Waals surface area contributed by atoms with Crippen molar-refractivity contribution in [1.82, 2.24) is 10.2 Å². The fraction of sp³-hybridized carbons (Fsp3) is 0.526. The molecule has 5 heteroatoms. The minimum Gasteiger partial charge on any atom is -0.373 e. The summed E-state index contributed by atoms with van der Waals surface area (Å²) in [6.07, 6.45) is 5.37. The molecule has 1 aromatic carbocycles. The molecule has 1 aromatic rings. The Kier molecular flexibility index (Phi) is 10.0. The van der Waals surface area contributed by atoms with Gasteiger partial charge in [0.25, 0.3) is 0 Å². The minimum atomic E-state index is 0. The Labute approximate surface area is 163 Å². The fourth-order valence-electron chi connectivity index (χ4n) is 3.04. The van der Waals surface area contributed by atoms with E-state index >= 15 is 0 Å². The quantitative estimate of drug-likeness (QED) is 0.229. The number of hydrogen-bond acceptors (Lipinski definition) is 2. The van der Waals surface area contributed by atoms with Crippen molar-refractivity contribution in [2.24, 2.45) is 10.9 Å². The summed E-state index contributed by atoms with van der Waals surface area (Å²) in [6.45, 7) is 6.47. The summed E-state index contributed by atoms with van der Waals surface area (Å²) in [5.41, 5.74) is 1.27. The van der Waals surface area contributed by atoms with Gasteiger partial charge in [0.2, 0.25) is 0 Å². The van der Waals surface area contributed by atoms with Gasteiger partial charge in [0.05, 0.1) is 6.10 Å². The molecular formula is C19H30IN3O. The van der Waals surface area contributed by atoms with Crippen LogP contribution >= 0.6 is 24.0 Å². The predicted molar refractivity (Wildman–Crippen MR) is 112 cm³/mol. The average molecular weight is 443 g/mol. The van der Waals surface area contributed by atoms with Gasteiger partial charge in [-0.2, -0.15) is 0 Å². The molecule has 1 N–H and O–H groups in total. The summed E-state index contributed by atoms with van der Waals surface area (Å²) in [7, 11) is 3.92. The normalized spacial score (nSPS) is 20.3. The monoisotopic (exact) mass is 443 g/mol. The number of rotatable bonds is 7. The largest absolute Gasteiger partial charge is 0.373 e. The van der Waals surface area contributed by atoms with E-state index in [-0.39, 0.29) is 30.1 Å². The molecule has 0 bridgehead atoms. The molecule has 0 amide bonds. The number of hydrogen-bond donors (Lipinski definition) is 1. The molecule has 24 heavy (non-hydrogen) atoms. The summed E-state index contributed by atoms with van der Waals surface area (Å²) in [4.78, 5) is 6.57. The first-order chi connectivity index (χ1) is 11.3. The van der Waals surface area contributed by atoms with Crippen molar-refractivity contribution in [3.8, 4) is 0 Å². The van der Waals surface area contributed by atoms with Crippen LogP contribution in [0.15, 0.2) is 48.0 Å². The van der Waals surface area contributed by atoms with Crippen LogP contribution < -0.4 is 5.32 Å². The molecule has 1 heterocycles. The lowest BCUT2D eigenvalue weighted by atomic mass is 9.95. The van der Waals surface area contributed by atoms with Crippen molar-refractivity contribution in [3.05, 3.63) is 48.6 Å². The highest BCUT2D eigenvalue weighted by molar-refractivity contribution is 14.0. The Bertz CT molecular complexity index is 507. The third-order valence-electron chi connectivity index (χ3n) is 4.34. The molecule has 134 valence electrons. The fourth-order valence-corrected chi connectivity index (χ4v) is 3.04. The highest BCUT2D eigenvalue weighted by atomic mass is 127. The van der Waals surface area contributed by atoms with Crippen molar-refractivity contribution in [2.45, 2.75) is 25.4 Å². The smallest absolute Gasteiger partial charge is 0.193 e. The standard InChI is InChI=1S/C19H29N3O.HI/c1-4-5-9-13-22(3)19(20-2)21-15-17-12-14-23-18(17)16-10-7-6-8-11-16;/h4,6-8,10-11,17-18H,1,5,9,12-15H2,2-3H3,(H,20,21);1H. The average Bonchev–Trinajstić information content (AvgIpc) is 3.05. The molecule has 0 radical (unpaired) electrons. The van der Waals surface area contributed by atoms with E-state index in [1.54, 1.807) is 0 Å². The van der Waals surface area contributed by atoms with E-state index in [9.17, 15) is 0 Å². The van der Waals surface area contributed by atoms with Crippen molar-refractivity contribution in [2.75, 3.05) is 33.8 Å². The Morgan fingerprint density at radius 2 is 2.17 bits per heavy atom. The van der Waals surface area contributed by atoms with Crippen molar-refractivity contribution in [3.63, 3.8) is 0 Å². The number of aliphatic imine (C=N–C) groups is 1. The Hall–Kier alpha value is -1.08. The van der Waals surface area contributed by atoms with E-state index in [4.69, 9.17) is 4.74 Å². The van der Waals surface area contributed by atoms with Crippen LogP contribution in [0.2, 0.25) is 0 Å². The zero-order valence-electron chi connectivity index (χ0n) is 14.8. The SMILES string of the molecule is C=CCCCN(C)C(=NC)NCC1CCOC1c1ccccc1.I. The number of ether oxygens (including phenoxy) is 1. The van der Waals surface area contributed by atoms with E-state index in [0.29, 0.717) is 5.92 Å². The topological polar surface area (TPSA) is 36.9 Å². The van der Waals surface area contributed by atoms with Gasteiger partial charge in [-0.15, -0.1) is 30.6 Å². The third-order valence-corrected chi connectivity index (χ3v) is 4.34. The molecule has 0 saturated carbocycles. The van der Waals surface area contributed by atoms with Gasteiger partial charge in [0, 0.05) is 39.7 Å². The van der Waals surface area contributed by atoms with Crippen LogP contribution in [-0.2, 0) is 4.74 Å². The summed E-state index contributed by atoms with van der Waals surface area (Å²) in [5, 5.41) is 3.51. The second-order valence-corrected chi connectivity index (χ2v) is 6.03. The van der Waals surface area contributed by atoms with Crippen LogP contribution in [0, 0.1) is 5.92 Å². The first-order valence-corrected chi connectivity index (χ1v) is 8.45. The maximum Gasteiger partial charge on any atom is 0.193 e. The Morgan fingerprint density at radius 1 is 1.42 bits per heavy atom. The van der Waals surface area contributed by atoms with Crippen molar-refractivity contribution >= 4 is 29.9 Å². The van der Waals surface area contributed by atoms with Crippen molar-refractivity contribution in [1.29, 1.82) is 0 Å². The van der Waals surface area contributed by atoms with Gasteiger partial charge in [0.15, 0.2) is 5.96 Å². The first-order valence-electron chi connectivity index (χ1n) is 8.45. The zero-order valence-corrected chi connectivity index (χ0v) is 17.1. The molecule has 1 aliphatic heterocycles. The lowest BCUT2D eigenvalue weighted by Gasteiger charge is -2.25. The molecule has 2 unspecified atom stereocenters. The second kappa shape index (κ2) is 11.5. The number of nitrogens with one attached hydrogen (secondary N) is 1. The summed E-state index contributed by atoms with van der Waals surface area (Å²) in [5.74, 6) is 1.43. The van der Waals surface area contributed by atoms with E-state index in [0.717, 1.165) is 44.9 Å². The summed E-state index contributed by atoms with van der Waals surface area (Å²) >= 11 is 0. The lowest BCUT2D eigenvalue weighted by Crippen LogP contribution is -2.41. The minimum absolute atomic E-state index is 0. The van der Waals surface area contributed by atoms with Gasteiger partial charge < -0.3 is 15.0 Å². The Balaban J connectivity index is 0.00000288. The van der Waals surface area contributed by atoms with E-state index in [1.165, 1.54) is 5.56 Å². The van der Waals surface area contributed by atoms with Gasteiger partial charge in [-0.1, -0.05) is 36.4 Å². The molecule has 2 atom stereocenters. The number of allylic oxidation sites excluding steroid dienone is 1. The van der Waals surface area contributed by atoms with Crippen LogP contribution in [0.25, 0.3) is 0 Å². The second-order valence-electron chi connectivity index (χ2n) is 6.03. The number of guanidine groups is 1. The third kappa shape index (κ3) is 6.09. The molecule has 0 aromatic heterocycles. The molecule has 1 aliphatic rings. The molecule has 1 fully saturated rings. The molecule has 2 rings (SSSR count). The predicted octanol–water partition coefficient (Wildman–Crippen LogP) is 3.86. The van der Waals surface area contributed by atoms with E-state index in [2.05, 4.69) is 53.1 Å². The number of nitrogens with zero attached hydrogens (tertiary/aromatic N) is 2. The van der Waals surface area contributed by atoms with E-state index < -0.39 is 0 Å². The van der Waals surface area contributed by atoms with Gasteiger partial charge in [-0.25, -0.2) is 0 Å². The van der Waals surface area contributed by atoms with Crippen LogP contribution in [0.1, 0.15) is 30.9 Å². The van der Waals surface area contributed by atoms with Gasteiger partial charge >= 0.3 is 0 Å². The molecule has 1 saturated heterocycles. The number of halogens is 1. The van der Waals surface area contributed by atoms with Crippen LogP contribution in [-0.4, -0.2) is 44.7 Å². The van der Waals surface area contributed by atoms with E-state index in [1.807, 2.05) is 19.2 Å².